The van der Waals surface area contributed by atoms with Crippen LogP contribution in [0, 0.1) is 0 Å². The zero-order chi connectivity index (χ0) is 16.5. The Morgan fingerprint density at radius 3 is 2.55 bits per heavy atom. The molecule has 0 amide bonds. The van der Waals surface area contributed by atoms with Crippen molar-refractivity contribution in [3.8, 4) is 0 Å². The van der Waals surface area contributed by atoms with Gasteiger partial charge in [0, 0.05) is 13.2 Å². The smallest absolute Gasteiger partial charge is 0.335 e. The van der Waals surface area contributed by atoms with Gasteiger partial charge in [-0.1, -0.05) is 19.9 Å². The van der Waals surface area contributed by atoms with Crippen LogP contribution in [0.3, 0.4) is 0 Å². The number of nitrogens with zero attached hydrogens (tertiary/aromatic N) is 2. The van der Waals surface area contributed by atoms with Crippen molar-refractivity contribution in [1.82, 2.24) is 9.78 Å². The average molecular weight is 323 g/mol. The minimum atomic E-state index is -3.90. The Balaban J connectivity index is 2.52. The Morgan fingerprint density at radius 1 is 1.36 bits per heavy atom. The summed E-state index contributed by atoms with van der Waals surface area (Å²) in [6.45, 7) is 3.69. The van der Waals surface area contributed by atoms with E-state index in [0.717, 1.165) is 0 Å². The predicted molar refractivity (Wildman–Crippen MR) is 81.5 cm³/mol. The normalized spacial score (nSPS) is 11.6. The first kappa shape index (κ1) is 16.0. The van der Waals surface area contributed by atoms with Crippen molar-refractivity contribution in [2.45, 2.75) is 24.7 Å². The molecule has 0 aliphatic heterocycles. The highest BCUT2D eigenvalue weighted by Crippen LogP contribution is 2.26. The lowest BCUT2D eigenvalue weighted by Gasteiger charge is -2.14. The highest BCUT2D eigenvalue weighted by molar-refractivity contribution is 7.92. The topological polar surface area (TPSA) is 101 Å². The molecule has 8 heteroatoms. The molecule has 0 radical (unpaired) electrons. The maximum Gasteiger partial charge on any atom is 0.335 e. The van der Waals surface area contributed by atoms with Gasteiger partial charge in [-0.15, -0.1) is 0 Å². The fourth-order valence-electron chi connectivity index (χ4n) is 2.06. The fourth-order valence-corrected chi connectivity index (χ4v) is 3.48. The molecule has 0 aliphatic carbocycles. The van der Waals surface area contributed by atoms with Gasteiger partial charge in [0.1, 0.15) is 0 Å². The SMILES string of the molecule is CC(C)c1ccc(C(=O)O)cc1S(=O)(=O)Nc1cnn(C)c1. The van der Waals surface area contributed by atoms with Gasteiger partial charge in [-0.25, -0.2) is 13.2 Å². The van der Waals surface area contributed by atoms with E-state index in [1.807, 2.05) is 13.8 Å². The summed E-state index contributed by atoms with van der Waals surface area (Å²) in [5.74, 6) is -1.24. The molecule has 0 fully saturated rings. The molecule has 0 saturated carbocycles. The van der Waals surface area contributed by atoms with Gasteiger partial charge in [-0.05, 0) is 23.6 Å². The summed E-state index contributed by atoms with van der Waals surface area (Å²) >= 11 is 0. The number of hydrogen-bond acceptors (Lipinski definition) is 4. The van der Waals surface area contributed by atoms with Crippen LogP contribution in [0.1, 0.15) is 35.7 Å². The molecule has 2 rings (SSSR count). The van der Waals surface area contributed by atoms with Gasteiger partial charge in [-0.2, -0.15) is 5.10 Å². The van der Waals surface area contributed by atoms with Crippen molar-refractivity contribution in [3.63, 3.8) is 0 Å². The number of carbonyl (C=O) groups is 1. The Labute approximate surface area is 128 Å². The van der Waals surface area contributed by atoms with E-state index in [9.17, 15) is 13.2 Å². The van der Waals surface area contributed by atoms with Gasteiger partial charge in [-0.3, -0.25) is 9.40 Å². The highest BCUT2D eigenvalue weighted by Gasteiger charge is 2.22. The number of anilines is 1. The zero-order valence-corrected chi connectivity index (χ0v) is 13.3. The van der Waals surface area contributed by atoms with E-state index in [2.05, 4.69) is 9.82 Å². The maximum atomic E-state index is 12.6. The van der Waals surface area contributed by atoms with Gasteiger partial charge in [0.15, 0.2) is 0 Å². The summed E-state index contributed by atoms with van der Waals surface area (Å²) in [6.07, 6.45) is 2.90. The molecular formula is C14H17N3O4S. The number of nitrogens with one attached hydrogen (secondary N) is 1. The van der Waals surface area contributed by atoms with Crippen molar-refractivity contribution < 1.29 is 18.3 Å². The number of aryl methyl sites for hydroxylation is 1. The number of sulfonamides is 1. The van der Waals surface area contributed by atoms with Crippen LogP contribution in [0.4, 0.5) is 5.69 Å². The molecule has 118 valence electrons. The molecule has 1 heterocycles. The van der Waals surface area contributed by atoms with Gasteiger partial charge < -0.3 is 5.11 Å². The lowest BCUT2D eigenvalue weighted by atomic mass is 10.0. The minimum Gasteiger partial charge on any atom is -0.478 e. The third kappa shape index (κ3) is 3.28. The van der Waals surface area contributed by atoms with Crippen molar-refractivity contribution in [2.75, 3.05) is 4.72 Å². The molecule has 0 saturated heterocycles. The molecule has 0 bridgehead atoms. The second kappa shape index (κ2) is 5.80. The number of benzene rings is 1. The molecule has 0 atom stereocenters. The Morgan fingerprint density at radius 2 is 2.05 bits per heavy atom. The molecule has 0 aliphatic rings. The summed E-state index contributed by atoms with van der Waals surface area (Å²) in [5.41, 5.74) is 0.801. The van der Waals surface area contributed by atoms with Crippen LogP contribution in [0.25, 0.3) is 0 Å². The van der Waals surface area contributed by atoms with Crippen molar-refractivity contribution >= 4 is 21.7 Å². The van der Waals surface area contributed by atoms with E-state index in [1.165, 1.54) is 35.3 Å². The Kier molecular flexibility index (Phi) is 4.23. The van der Waals surface area contributed by atoms with E-state index >= 15 is 0 Å². The third-order valence-corrected chi connectivity index (χ3v) is 4.57. The minimum absolute atomic E-state index is 0.0359. The van der Waals surface area contributed by atoms with Crippen LogP contribution in [0.2, 0.25) is 0 Å². The first-order chi connectivity index (χ1) is 10.2. The molecule has 1 aromatic carbocycles. The van der Waals surface area contributed by atoms with Crippen LogP contribution in [0.5, 0.6) is 0 Å². The summed E-state index contributed by atoms with van der Waals surface area (Å²) in [7, 11) is -2.23. The molecule has 22 heavy (non-hydrogen) atoms. The summed E-state index contributed by atoms with van der Waals surface area (Å²) in [5, 5.41) is 13.0. The van der Waals surface area contributed by atoms with Gasteiger partial charge >= 0.3 is 5.97 Å². The molecule has 2 aromatic rings. The van der Waals surface area contributed by atoms with Gasteiger partial charge in [0.05, 0.1) is 22.3 Å². The maximum absolute atomic E-state index is 12.6. The number of carboxylic acid groups (broad SMARTS) is 1. The molecular weight excluding hydrogens is 306 g/mol. The number of carboxylic acids is 1. The van der Waals surface area contributed by atoms with Crippen LogP contribution < -0.4 is 4.72 Å². The van der Waals surface area contributed by atoms with Crippen LogP contribution >= 0.6 is 0 Å². The number of hydrogen-bond donors (Lipinski definition) is 2. The lowest BCUT2D eigenvalue weighted by molar-refractivity contribution is 0.0696. The average Bonchev–Trinajstić information content (AvgIpc) is 2.82. The van der Waals surface area contributed by atoms with Crippen LogP contribution in [-0.4, -0.2) is 29.3 Å². The first-order valence-corrected chi connectivity index (χ1v) is 8.07. The standard InChI is InChI=1S/C14H17N3O4S/c1-9(2)12-5-4-10(14(18)19)6-13(12)22(20,21)16-11-7-15-17(3)8-11/h4-9,16H,1-3H3,(H,18,19). The number of rotatable bonds is 5. The quantitative estimate of drug-likeness (QED) is 0.877. The fraction of sp³-hybridized carbons (Fsp3) is 0.286. The van der Waals surface area contributed by atoms with E-state index in [0.29, 0.717) is 11.3 Å². The van der Waals surface area contributed by atoms with Crippen LogP contribution in [0.15, 0.2) is 35.5 Å². The van der Waals surface area contributed by atoms with Crippen LogP contribution in [-0.2, 0) is 17.1 Å². The van der Waals surface area contributed by atoms with Gasteiger partial charge in [0.25, 0.3) is 10.0 Å². The largest absolute Gasteiger partial charge is 0.478 e. The zero-order valence-electron chi connectivity index (χ0n) is 12.4. The number of aromatic carboxylic acids is 1. The summed E-state index contributed by atoms with van der Waals surface area (Å²) in [4.78, 5) is 11.1. The Bertz CT molecular complexity index is 809. The lowest BCUT2D eigenvalue weighted by Crippen LogP contribution is -2.16. The molecule has 0 unspecified atom stereocenters. The van der Waals surface area contributed by atoms with E-state index in [1.54, 1.807) is 7.05 Å². The molecule has 0 spiro atoms. The monoisotopic (exact) mass is 323 g/mol. The van der Waals surface area contributed by atoms with Crippen molar-refractivity contribution in [1.29, 1.82) is 0 Å². The van der Waals surface area contributed by atoms with Crippen molar-refractivity contribution in [3.05, 3.63) is 41.7 Å². The summed E-state index contributed by atoms with van der Waals surface area (Å²) in [6, 6.07) is 4.11. The molecule has 2 N–H and O–H groups in total. The second-order valence-electron chi connectivity index (χ2n) is 5.22. The summed E-state index contributed by atoms with van der Waals surface area (Å²) < 4.78 is 29.0. The van der Waals surface area contributed by atoms with E-state index in [-0.39, 0.29) is 16.4 Å². The predicted octanol–water partition coefficient (Wildman–Crippen LogP) is 2.04. The van der Waals surface area contributed by atoms with Crippen molar-refractivity contribution in [2.24, 2.45) is 7.05 Å². The molecule has 7 nitrogen and oxygen atoms in total. The van der Waals surface area contributed by atoms with E-state index < -0.39 is 16.0 Å². The first-order valence-electron chi connectivity index (χ1n) is 6.59. The van der Waals surface area contributed by atoms with Gasteiger partial charge in [0.2, 0.25) is 0 Å². The highest BCUT2D eigenvalue weighted by atomic mass is 32.2. The Hall–Kier alpha value is -2.35. The van der Waals surface area contributed by atoms with E-state index in [4.69, 9.17) is 5.11 Å². The number of aromatic nitrogens is 2. The third-order valence-electron chi connectivity index (χ3n) is 3.13. The second-order valence-corrected chi connectivity index (χ2v) is 6.87. The molecule has 1 aromatic heterocycles.